The van der Waals surface area contributed by atoms with Crippen molar-refractivity contribution in [2.24, 2.45) is 5.73 Å². The number of carbonyl (C=O) groups is 1. The highest BCUT2D eigenvalue weighted by Crippen LogP contribution is 2.24. The highest BCUT2D eigenvalue weighted by Gasteiger charge is 2.15. The van der Waals surface area contributed by atoms with Gasteiger partial charge in [0, 0.05) is 17.4 Å². The number of aromatic nitrogens is 2. The van der Waals surface area contributed by atoms with Crippen LogP contribution in [-0.2, 0) is 4.79 Å². The number of nitrogens with one attached hydrogen (secondary N) is 1. The third-order valence-corrected chi connectivity index (χ3v) is 3.82. The van der Waals surface area contributed by atoms with E-state index in [1.54, 1.807) is 47.0 Å². The minimum atomic E-state index is -0.540. The normalized spacial score (nSPS) is 12.1. The van der Waals surface area contributed by atoms with Crippen LogP contribution in [0.1, 0.15) is 6.42 Å². The molecule has 1 aromatic carbocycles. The zero-order valence-electron chi connectivity index (χ0n) is 11.6. The maximum Gasteiger partial charge on any atom is 0.241 e. The average molecular weight is 325 g/mol. The number of nitrogens with two attached hydrogens (primary N) is 1. The summed E-state index contributed by atoms with van der Waals surface area (Å²) in [7, 11) is 0. The summed E-state index contributed by atoms with van der Waals surface area (Å²) in [6.07, 6.45) is 6.08. The van der Waals surface area contributed by atoms with Gasteiger partial charge in [0.1, 0.15) is 0 Å². The maximum absolute atomic E-state index is 12.1. The number of anilines is 1. The Morgan fingerprint density at radius 2 is 2.38 bits per heavy atom. The third-order valence-electron chi connectivity index (χ3n) is 2.94. The first-order valence-electron chi connectivity index (χ1n) is 6.46. The van der Waals surface area contributed by atoms with E-state index in [-0.39, 0.29) is 5.91 Å². The Hall–Kier alpha value is -1.50. The van der Waals surface area contributed by atoms with Crippen molar-refractivity contribution < 1.29 is 4.79 Å². The third kappa shape index (κ3) is 4.23. The number of amides is 1. The molecule has 1 aromatic heterocycles. The predicted octanol–water partition coefficient (Wildman–Crippen LogP) is 2.54. The topological polar surface area (TPSA) is 72.9 Å². The summed E-state index contributed by atoms with van der Waals surface area (Å²) in [6.45, 7) is 0. The number of nitrogens with zero attached hydrogens (tertiary/aromatic N) is 2. The molecule has 0 spiro atoms. The number of halogens is 1. The van der Waals surface area contributed by atoms with Crippen LogP contribution in [-0.4, -0.2) is 33.7 Å². The molecule has 0 bridgehead atoms. The largest absolute Gasteiger partial charge is 0.323 e. The molecule has 1 heterocycles. The van der Waals surface area contributed by atoms with Gasteiger partial charge in [0.05, 0.1) is 17.4 Å². The van der Waals surface area contributed by atoms with Gasteiger partial charge in [0.2, 0.25) is 5.91 Å². The maximum atomic E-state index is 12.1. The lowest BCUT2D eigenvalue weighted by Gasteiger charge is -2.15. The quantitative estimate of drug-likeness (QED) is 0.856. The first-order valence-corrected chi connectivity index (χ1v) is 8.24. The molecule has 0 aliphatic rings. The van der Waals surface area contributed by atoms with E-state index in [2.05, 4.69) is 10.4 Å². The monoisotopic (exact) mass is 324 g/mol. The molecule has 2 rings (SSSR count). The molecule has 0 radical (unpaired) electrons. The Morgan fingerprint density at radius 3 is 3.05 bits per heavy atom. The van der Waals surface area contributed by atoms with Gasteiger partial charge < -0.3 is 11.1 Å². The molecule has 5 nitrogen and oxygen atoms in total. The molecule has 112 valence electrons. The zero-order chi connectivity index (χ0) is 15.2. The molecule has 0 saturated heterocycles. The lowest BCUT2D eigenvalue weighted by molar-refractivity contribution is -0.117. The van der Waals surface area contributed by atoms with Gasteiger partial charge in [-0.25, -0.2) is 4.68 Å². The van der Waals surface area contributed by atoms with Crippen molar-refractivity contribution in [3.63, 3.8) is 0 Å². The zero-order valence-corrected chi connectivity index (χ0v) is 13.2. The molecular weight excluding hydrogens is 308 g/mol. The van der Waals surface area contributed by atoms with Crippen LogP contribution < -0.4 is 11.1 Å². The van der Waals surface area contributed by atoms with Gasteiger partial charge >= 0.3 is 0 Å². The Labute approximate surface area is 132 Å². The molecule has 0 fully saturated rings. The molecule has 0 saturated carbocycles. The lowest BCUT2D eigenvalue weighted by atomic mass is 10.2. The average Bonchev–Trinajstić information content (AvgIpc) is 2.98. The Bertz CT molecular complexity index is 603. The Balaban J connectivity index is 2.19. The van der Waals surface area contributed by atoms with E-state index in [9.17, 15) is 4.79 Å². The summed E-state index contributed by atoms with van der Waals surface area (Å²) >= 11 is 7.67. The molecule has 7 heteroatoms. The van der Waals surface area contributed by atoms with Crippen LogP contribution in [0.2, 0.25) is 5.02 Å². The highest BCUT2D eigenvalue weighted by atomic mass is 35.5. The van der Waals surface area contributed by atoms with Crippen LogP contribution in [0.15, 0.2) is 36.7 Å². The van der Waals surface area contributed by atoms with Crippen molar-refractivity contribution in [1.82, 2.24) is 9.78 Å². The van der Waals surface area contributed by atoms with Crippen LogP contribution in [0.4, 0.5) is 5.69 Å². The molecule has 0 unspecified atom stereocenters. The van der Waals surface area contributed by atoms with E-state index in [0.717, 1.165) is 11.4 Å². The van der Waals surface area contributed by atoms with Crippen molar-refractivity contribution in [2.75, 3.05) is 17.3 Å². The molecule has 1 amide bonds. The summed E-state index contributed by atoms with van der Waals surface area (Å²) in [5, 5.41) is 7.54. The van der Waals surface area contributed by atoms with E-state index in [1.165, 1.54) is 0 Å². The van der Waals surface area contributed by atoms with E-state index in [0.29, 0.717) is 17.1 Å². The Kier molecular flexibility index (Phi) is 5.67. The van der Waals surface area contributed by atoms with Crippen molar-refractivity contribution in [2.45, 2.75) is 12.5 Å². The van der Waals surface area contributed by atoms with Crippen LogP contribution in [0, 0.1) is 0 Å². The Morgan fingerprint density at radius 1 is 1.57 bits per heavy atom. The number of hydrogen-bond donors (Lipinski definition) is 2. The van der Waals surface area contributed by atoms with Crippen molar-refractivity contribution in [1.29, 1.82) is 0 Å². The fourth-order valence-electron chi connectivity index (χ4n) is 1.82. The standard InChI is InChI=1S/C14H17ClN4OS/c1-21-8-5-11(16)14(20)18-12-9-10(15)3-4-13(12)19-7-2-6-17-19/h2-4,6-7,9,11H,5,8,16H2,1H3,(H,18,20)/t11-/m0/s1. The van der Waals surface area contributed by atoms with Crippen molar-refractivity contribution in [3.05, 3.63) is 41.7 Å². The van der Waals surface area contributed by atoms with Gasteiger partial charge in [-0.3, -0.25) is 4.79 Å². The van der Waals surface area contributed by atoms with Crippen molar-refractivity contribution >= 4 is 35.0 Å². The number of thioether (sulfide) groups is 1. The van der Waals surface area contributed by atoms with E-state index < -0.39 is 6.04 Å². The van der Waals surface area contributed by atoms with Crippen LogP contribution in [0.3, 0.4) is 0 Å². The number of rotatable bonds is 6. The van der Waals surface area contributed by atoms with Gasteiger partial charge in [0.25, 0.3) is 0 Å². The molecule has 3 N–H and O–H groups in total. The highest BCUT2D eigenvalue weighted by molar-refractivity contribution is 7.98. The fraction of sp³-hybridized carbons (Fsp3) is 0.286. The molecular formula is C14H17ClN4OS. The van der Waals surface area contributed by atoms with Gasteiger partial charge in [-0.1, -0.05) is 11.6 Å². The molecule has 0 aliphatic carbocycles. The van der Waals surface area contributed by atoms with Crippen molar-refractivity contribution in [3.8, 4) is 5.69 Å². The SMILES string of the molecule is CSCC[C@H](N)C(=O)Nc1cc(Cl)ccc1-n1cccn1. The summed E-state index contributed by atoms with van der Waals surface area (Å²) in [5.74, 6) is 0.621. The molecule has 0 aliphatic heterocycles. The van der Waals surface area contributed by atoms with E-state index >= 15 is 0 Å². The predicted molar refractivity (Wildman–Crippen MR) is 88.2 cm³/mol. The van der Waals surface area contributed by atoms with Crippen LogP contribution in [0.5, 0.6) is 0 Å². The smallest absolute Gasteiger partial charge is 0.241 e. The second-order valence-corrected chi connectivity index (χ2v) is 5.91. The molecule has 1 atom stereocenters. The molecule has 2 aromatic rings. The van der Waals surface area contributed by atoms with Crippen LogP contribution in [0.25, 0.3) is 5.69 Å². The lowest BCUT2D eigenvalue weighted by Crippen LogP contribution is -2.36. The summed E-state index contributed by atoms with van der Waals surface area (Å²) < 4.78 is 1.67. The molecule has 21 heavy (non-hydrogen) atoms. The first kappa shape index (κ1) is 15.9. The van der Waals surface area contributed by atoms with Gasteiger partial charge in [-0.05, 0) is 42.7 Å². The van der Waals surface area contributed by atoms with Gasteiger partial charge in [-0.2, -0.15) is 16.9 Å². The second-order valence-electron chi connectivity index (χ2n) is 4.49. The van der Waals surface area contributed by atoms with E-state index in [4.69, 9.17) is 17.3 Å². The minimum absolute atomic E-state index is 0.222. The summed E-state index contributed by atoms with van der Waals surface area (Å²) in [6, 6.07) is 6.52. The number of hydrogen-bond acceptors (Lipinski definition) is 4. The second kappa shape index (κ2) is 7.49. The van der Waals surface area contributed by atoms with Gasteiger partial charge in [0.15, 0.2) is 0 Å². The van der Waals surface area contributed by atoms with E-state index in [1.807, 2.05) is 12.3 Å². The fourth-order valence-corrected chi connectivity index (χ4v) is 2.48. The summed E-state index contributed by atoms with van der Waals surface area (Å²) in [4.78, 5) is 12.1. The minimum Gasteiger partial charge on any atom is -0.323 e. The summed E-state index contributed by atoms with van der Waals surface area (Å²) in [5.41, 5.74) is 7.22. The number of benzene rings is 1. The first-order chi connectivity index (χ1) is 10.1. The van der Waals surface area contributed by atoms with Crippen LogP contribution >= 0.6 is 23.4 Å². The number of carbonyl (C=O) groups excluding carboxylic acids is 1. The van der Waals surface area contributed by atoms with Gasteiger partial charge in [-0.15, -0.1) is 0 Å².